The second-order valence-electron chi connectivity index (χ2n) is 5.16. The molecule has 17 heavy (non-hydrogen) atoms. The van der Waals surface area contributed by atoms with Gasteiger partial charge in [-0.25, -0.2) is 9.97 Å². The van der Waals surface area contributed by atoms with Crippen LogP contribution in [-0.4, -0.2) is 27.2 Å². The summed E-state index contributed by atoms with van der Waals surface area (Å²) in [4.78, 5) is 8.26. The highest BCUT2D eigenvalue weighted by atomic mass is 16.3. The van der Waals surface area contributed by atoms with Crippen LogP contribution in [0.2, 0.25) is 0 Å². The first-order chi connectivity index (χ1) is 7.87. The van der Waals surface area contributed by atoms with Crippen LogP contribution in [0.1, 0.15) is 45.6 Å². The van der Waals surface area contributed by atoms with Crippen LogP contribution >= 0.6 is 0 Å². The maximum atomic E-state index is 9.02. The minimum Gasteiger partial charge on any atom is -0.396 e. The van der Waals surface area contributed by atoms with Crippen molar-refractivity contribution in [3.63, 3.8) is 0 Å². The van der Waals surface area contributed by atoms with Gasteiger partial charge in [0.1, 0.15) is 18.0 Å². The van der Waals surface area contributed by atoms with Crippen LogP contribution in [0.4, 0.5) is 11.6 Å². The molecule has 0 saturated carbocycles. The Labute approximate surface area is 102 Å². The number of hydrogen-bond acceptors (Lipinski definition) is 5. The lowest BCUT2D eigenvalue weighted by molar-refractivity contribution is 0.260. The molecular formula is C12H22N4O. The van der Waals surface area contributed by atoms with E-state index in [1.54, 1.807) is 0 Å². The number of nitrogens with zero attached hydrogens (tertiary/aromatic N) is 2. The summed E-state index contributed by atoms with van der Waals surface area (Å²) < 4.78 is 0. The quantitative estimate of drug-likeness (QED) is 0.728. The maximum absolute atomic E-state index is 9.02. The summed E-state index contributed by atoms with van der Waals surface area (Å²) in [6, 6.07) is 0. The molecule has 0 aliphatic rings. The van der Waals surface area contributed by atoms with E-state index in [0.717, 1.165) is 11.4 Å². The third-order valence-electron chi connectivity index (χ3n) is 2.69. The van der Waals surface area contributed by atoms with Crippen LogP contribution in [-0.2, 0) is 0 Å². The summed E-state index contributed by atoms with van der Waals surface area (Å²) in [6.07, 6.45) is 2.10. The third-order valence-corrected chi connectivity index (χ3v) is 2.69. The number of aliphatic hydroxyl groups excluding tert-OH is 1. The van der Waals surface area contributed by atoms with Crippen molar-refractivity contribution in [2.45, 2.75) is 45.6 Å². The van der Waals surface area contributed by atoms with Gasteiger partial charge in [0, 0.05) is 17.7 Å². The molecule has 0 aromatic carbocycles. The Balaban J connectivity index is 3.02. The van der Waals surface area contributed by atoms with Crippen molar-refractivity contribution < 1.29 is 5.11 Å². The number of rotatable bonds is 5. The molecule has 0 atom stereocenters. The molecule has 0 radical (unpaired) electrons. The van der Waals surface area contributed by atoms with E-state index in [0.29, 0.717) is 12.2 Å². The van der Waals surface area contributed by atoms with Crippen LogP contribution in [0.5, 0.6) is 0 Å². The second-order valence-corrected chi connectivity index (χ2v) is 5.16. The summed E-state index contributed by atoms with van der Waals surface area (Å²) in [5, 5.41) is 12.3. The van der Waals surface area contributed by atoms with Crippen LogP contribution in [0, 0.1) is 0 Å². The molecule has 5 heteroatoms. The molecule has 1 rings (SSSR count). The average Bonchev–Trinajstić information content (AvgIpc) is 2.15. The lowest BCUT2D eigenvalue weighted by atomic mass is 9.99. The number of nitrogens with one attached hydrogen (secondary N) is 1. The number of nitrogens with two attached hydrogens (primary N) is 1. The predicted octanol–water partition coefficient (Wildman–Crippen LogP) is 1.76. The summed E-state index contributed by atoms with van der Waals surface area (Å²) >= 11 is 0. The molecular weight excluding hydrogens is 216 g/mol. The van der Waals surface area contributed by atoms with Crippen LogP contribution < -0.4 is 11.1 Å². The van der Waals surface area contributed by atoms with Gasteiger partial charge in [-0.3, -0.25) is 0 Å². The minimum absolute atomic E-state index is 0.136. The van der Waals surface area contributed by atoms with E-state index in [9.17, 15) is 0 Å². The van der Waals surface area contributed by atoms with Gasteiger partial charge in [-0.1, -0.05) is 13.8 Å². The number of hydrogen-bond donors (Lipinski definition) is 3. The smallest absolute Gasteiger partial charge is 0.135 e. The molecule has 0 saturated heterocycles. The van der Waals surface area contributed by atoms with Crippen LogP contribution in [0.15, 0.2) is 6.33 Å². The van der Waals surface area contributed by atoms with Crippen molar-refractivity contribution in [3.05, 3.63) is 11.9 Å². The molecule has 0 spiro atoms. The summed E-state index contributed by atoms with van der Waals surface area (Å²) in [5.41, 5.74) is 6.58. The highest BCUT2D eigenvalue weighted by molar-refractivity contribution is 5.57. The molecule has 4 N–H and O–H groups in total. The molecule has 0 bridgehead atoms. The summed E-state index contributed by atoms with van der Waals surface area (Å²) in [7, 11) is 0. The lowest BCUT2D eigenvalue weighted by Gasteiger charge is -2.28. The van der Waals surface area contributed by atoms with Crippen molar-refractivity contribution in [1.82, 2.24) is 9.97 Å². The Morgan fingerprint density at radius 1 is 1.41 bits per heavy atom. The number of nitrogen functional groups attached to an aromatic ring is 1. The van der Waals surface area contributed by atoms with Crippen LogP contribution in [0.3, 0.4) is 0 Å². The van der Waals surface area contributed by atoms with Crippen molar-refractivity contribution in [3.8, 4) is 0 Å². The SMILES string of the molecule is CC(C)c1c(N)ncnc1NC(C)(C)CCO. The first-order valence-corrected chi connectivity index (χ1v) is 5.87. The highest BCUT2D eigenvalue weighted by Crippen LogP contribution is 2.28. The lowest BCUT2D eigenvalue weighted by Crippen LogP contribution is -2.33. The Morgan fingerprint density at radius 2 is 2.06 bits per heavy atom. The maximum Gasteiger partial charge on any atom is 0.135 e. The van der Waals surface area contributed by atoms with Gasteiger partial charge in [0.05, 0.1) is 0 Å². The van der Waals surface area contributed by atoms with E-state index in [-0.39, 0.29) is 18.1 Å². The summed E-state index contributed by atoms with van der Waals surface area (Å²) in [5.74, 6) is 1.52. The zero-order valence-electron chi connectivity index (χ0n) is 11.0. The highest BCUT2D eigenvalue weighted by Gasteiger charge is 2.21. The van der Waals surface area contributed by atoms with Gasteiger partial charge in [0.25, 0.3) is 0 Å². The number of aliphatic hydroxyl groups is 1. The zero-order chi connectivity index (χ0) is 13.1. The minimum atomic E-state index is -0.223. The van der Waals surface area contributed by atoms with Gasteiger partial charge in [-0.2, -0.15) is 0 Å². The van der Waals surface area contributed by atoms with Gasteiger partial charge in [0.2, 0.25) is 0 Å². The van der Waals surface area contributed by atoms with Gasteiger partial charge < -0.3 is 16.2 Å². The average molecular weight is 238 g/mol. The first kappa shape index (κ1) is 13.7. The molecule has 0 fully saturated rings. The summed E-state index contributed by atoms with van der Waals surface area (Å²) in [6.45, 7) is 8.29. The van der Waals surface area contributed by atoms with Crippen molar-refractivity contribution in [2.75, 3.05) is 17.7 Å². The van der Waals surface area contributed by atoms with Gasteiger partial charge >= 0.3 is 0 Å². The van der Waals surface area contributed by atoms with E-state index in [1.807, 2.05) is 13.8 Å². The molecule has 0 aliphatic heterocycles. The largest absolute Gasteiger partial charge is 0.396 e. The monoisotopic (exact) mass is 238 g/mol. The predicted molar refractivity (Wildman–Crippen MR) is 69.9 cm³/mol. The molecule has 5 nitrogen and oxygen atoms in total. The topological polar surface area (TPSA) is 84.1 Å². The Kier molecular flexibility index (Phi) is 4.28. The van der Waals surface area contributed by atoms with E-state index in [4.69, 9.17) is 10.8 Å². The molecule has 1 heterocycles. The Hall–Kier alpha value is -1.36. The Bertz CT molecular complexity index is 377. The van der Waals surface area contributed by atoms with E-state index < -0.39 is 0 Å². The molecule has 1 aromatic rings. The fourth-order valence-electron chi connectivity index (χ4n) is 1.74. The third kappa shape index (κ3) is 3.56. The molecule has 1 aromatic heterocycles. The fourth-order valence-corrected chi connectivity index (χ4v) is 1.74. The molecule has 96 valence electrons. The van der Waals surface area contributed by atoms with Crippen molar-refractivity contribution in [1.29, 1.82) is 0 Å². The zero-order valence-corrected chi connectivity index (χ0v) is 11.0. The van der Waals surface area contributed by atoms with Crippen molar-refractivity contribution >= 4 is 11.6 Å². The Morgan fingerprint density at radius 3 is 2.59 bits per heavy atom. The number of aromatic nitrogens is 2. The second kappa shape index (κ2) is 5.31. The fraction of sp³-hybridized carbons (Fsp3) is 0.667. The van der Waals surface area contributed by atoms with Crippen molar-refractivity contribution in [2.24, 2.45) is 0 Å². The van der Waals surface area contributed by atoms with E-state index in [2.05, 4.69) is 29.1 Å². The molecule has 0 aliphatic carbocycles. The standard InChI is InChI=1S/C12H22N4O/c1-8(2)9-10(13)14-7-15-11(9)16-12(3,4)5-6-17/h7-8,17H,5-6H2,1-4H3,(H3,13,14,15,16). The normalized spacial score (nSPS) is 11.9. The van der Waals surface area contributed by atoms with Gasteiger partial charge in [-0.05, 0) is 26.2 Å². The molecule has 0 unspecified atom stereocenters. The number of anilines is 2. The van der Waals surface area contributed by atoms with Gasteiger partial charge in [0.15, 0.2) is 0 Å². The molecule has 0 amide bonds. The van der Waals surface area contributed by atoms with Crippen LogP contribution in [0.25, 0.3) is 0 Å². The van der Waals surface area contributed by atoms with Gasteiger partial charge in [-0.15, -0.1) is 0 Å². The first-order valence-electron chi connectivity index (χ1n) is 5.87. The van der Waals surface area contributed by atoms with E-state index >= 15 is 0 Å². The van der Waals surface area contributed by atoms with E-state index in [1.165, 1.54) is 6.33 Å².